The van der Waals surface area contributed by atoms with E-state index < -0.39 is 5.97 Å². The lowest BCUT2D eigenvalue weighted by Crippen LogP contribution is -2.36. The second kappa shape index (κ2) is 4.09. The van der Waals surface area contributed by atoms with Crippen LogP contribution in [0.4, 0.5) is 0 Å². The second-order valence-electron chi connectivity index (χ2n) is 3.32. The molecule has 1 aromatic heterocycles. The number of carboxylic acids is 1. The number of aromatic nitrogens is 3. The molecule has 0 bridgehead atoms. The van der Waals surface area contributed by atoms with Gasteiger partial charge in [-0.3, -0.25) is 4.79 Å². The summed E-state index contributed by atoms with van der Waals surface area (Å²) in [5.41, 5.74) is 3.12. The molecule has 1 aliphatic heterocycles. The van der Waals surface area contributed by atoms with E-state index in [1.54, 1.807) is 4.68 Å². The summed E-state index contributed by atoms with van der Waals surface area (Å²) in [4.78, 5) is 10.6. The van der Waals surface area contributed by atoms with Crippen molar-refractivity contribution in [3.63, 3.8) is 0 Å². The molecule has 2 N–H and O–H groups in total. The lowest BCUT2D eigenvalue weighted by Gasteiger charge is -2.24. The Morgan fingerprint density at radius 1 is 1.73 bits per heavy atom. The number of nitrogens with zero attached hydrogens (tertiary/aromatic N) is 3. The summed E-state index contributed by atoms with van der Waals surface area (Å²) in [7, 11) is 0. The molecule has 0 aliphatic carbocycles. The number of hydrogen-bond donors (Lipinski definition) is 2. The van der Waals surface area contributed by atoms with Crippen LogP contribution in [0.3, 0.4) is 0 Å². The van der Waals surface area contributed by atoms with Crippen LogP contribution in [0.5, 0.6) is 0 Å². The van der Waals surface area contributed by atoms with E-state index in [-0.39, 0.29) is 12.5 Å². The van der Waals surface area contributed by atoms with Gasteiger partial charge < -0.3 is 10.5 Å². The highest BCUT2D eigenvalue weighted by molar-refractivity contribution is 7.99. The molecule has 0 saturated carbocycles. The van der Waals surface area contributed by atoms with Gasteiger partial charge in [0, 0.05) is 12.2 Å². The Labute approximate surface area is 91.0 Å². The summed E-state index contributed by atoms with van der Waals surface area (Å²) in [6.07, 6.45) is 0.897. The quantitative estimate of drug-likeness (QED) is 0.776. The van der Waals surface area contributed by atoms with Gasteiger partial charge in [-0.25, -0.2) is 4.68 Å². The van der Waals surface area contributed by atoms with Crippen LogP contribution in [0.15, 0.2) is 5.16 Å². The van der Waals surface area contributed by atoms with E-state index in [0.29, 0.717) is 5.75 Å². The number of aliphatic carboxylic acids is 1. The molecule has 1 atom stereocenters. The number of rotatable bonds is 3. The van der Waals surface area contributed by atoms with Crippen LogP contribution in [0.25, 0.3) is 0 Å². The van der Waals surface area contributed by atoms with Crippen LogP contribution in [-0.4, -0.2) is 37.7 Å². The van der Waals surface area contributed by atoms with Gasteiger partial charge in [0.05, 0.1) is 12.5 Å². The SMILES string of the molecule is CCc1nnc2n1NC(CC(=O)O)CS2. The zero-order valence-electron chi connectivity index (χ0n) is 8.30. The largest absolute Gasteiger partial charge is 0.481 e. The van der Waals surface area contributed by atoms with E-state index in [9.17, 15) is 4.79 Å². The number of carboxylic acid groups (broad SMARTS) is 1. The summed E-state index contributed by atoms with van der Waals surface area (Å²) < 4.78 is 1.79. The first-order valence-electron chi connectivity index (χ1n) is 4.76. The molecular formula is C8H12N4O2S. The molecule has 0 spiro atoms. The average Bonchev–Trinajstić information content (AvgIpc) is 2.59. The standard InChI is InChI=1S/C8H12N4O2S/c1-2-6-9-10-8-12(6)11-5(4-15-8)3-7(13)14/h5,11H,2-4H2,1H3,(H,13,14). The normalized spacial score (nSPS) is 19.4. The van der Waals surface area contributed by atoms with Gasteiger partial charge in [-0.05, 0) is 0 Å². The fourth-order valence-electron chi connectivity index (χ4n) is 1.46. The van der Waals surface area contributed by atoms with Crippen molar-refractivity contribution in [3.05, 3.63) is 5.82 Å². The molecular weight excluding hydrogens is 216 g/mol. The summed E-state index contributed by atoms with van der Waals surface area (Å²) in [6.45, 7) is 1.99. The van der Waals surface area contributed by atoms with Crippen molar-refractivity contribution in [2.24, 2.45) is 0 Å². The van der Waals surface area contributed by atoms with Crippen LogP contribution in [0, 0.1) is 0 Å². The summed E-state index contributed by atoms with van der Waals surface area (Å²) in [6, 6.07) is -0.0544. The molecule has 2 rings (SSSR count). The lowest BCUT2D eigenvalue weighted by molar-refractivity contribution is -0.137. The third-order valence-corrected chi connectivity index (χ3v) is 3.25. The molecule has 0 amide bonds. The Bertz CT molecular complexity index is 365. The minimum Gasteiger partial charge on any atom is -0.481 e. The van der Waals surface area contributed by atoms with Gasteiger partial charge in [-0.15, -0.1) is 10.2 Å². The van der Waals surface area contributed by atoms with Crippen molar-refractivity contribution in [2.45, 2.75) is 31.0 Å². The Balaban J connectivity index is 2.13. The predicted octanol–water partition coefficient (Wildman–Crippen LogP) is 0.333. The predicted molar refractivity (Wildman–Crippen MR) is 55.5 cm³/mol. The molecule has 1 aromatic rings. The Morgan fingerprint density at radius 3 is 3.20 bits per heavy atom. The first kappa shape index (κ1) is 10.3. The molecule has 7 heteroatoms. The van der Waals surface area contributed by atoms with Crippen LogP contribution in [0.1, 0.15) is 19.2 Å². The monoisotopic (exact) mass is 228 g/mol. The number of nitrogens with one attached hydrogen (secondary N) is 1. The summed E-state index contributed by atoms with van der Waals surface area (Å²) >= 11 is 1.54. The van der Waals surface area contributed by atoms with Crippen molar-refractivity contribution < 1.29 is 9.90 Å². The maximum absolute atomic E-state index is 10.6. The summed E-state index contributed by atoms with van der Waals surface area (Å²) in [5.74, 6) is 0.768. The molecule has 82 valence electrons. The van der Waals surface area contributed by atoms with Crippen LogP contribution >= 0.6 is 11.8 Å². The number of hydrogen-bond acceptors (Lipinski definition) is 5. The average molecular weight is 228 g/mol. The van der Waals surface area contributed by atoms with E-state index in [2.05, 4.69) is 15.6 Å². The van der Waals surface area contributed by atoms with E-state index in [4.69, 9.17) is 5.11 Å². The second-order valence-corrected chi connectivity index (χ2v) is 4.31. The first-order chi connectivity index (χ1) is 7.20. The highest BCUT2D eigenvalue weighted by atomic mass is 32.2. The molecule has 0 fully saturated rings. The van der Waals surface area contributed by atoms with Crippen molar-refractivity contribution in [3.8, 4) is 0 Å². The third-order valence-electron chi connectivity index (χ3n) is 2.16. The van der Waals surface area contributed by atoms with E-state index in [1.165, 1.54) is 11.8 Å². The zero-order chi connectivity index (χ0) is 10.8. The van der Waals surface area contributed by atoms with Gasteiger partial charge in [0.2, 0.25) is 5.16 Å². The number of aryl methyl sites for hydroxylation is 1. The maximum atomic E-state index is 10.6. The van der Waals surface area contributed by atoms with Gasteiger partial charge >= 0.3 is 5.97 Å². The van der Waals surface area contributed by atoms with Gasteiger partial charge in [0.1, 0.15) is 0 Å². The molecule has 1 aliphatic rings. The first-order valence-corrected chi connectivity index (χ1v) is 5.74. The molecule has 2 heterocycles. The van der Waals surface area contributed by atoms with Gasteiger partial charge in [-0.1, -0.05) is 18.7 Å². The van der Waals surface area contributed by atoms with E-state index >= 15 is 0 Å². The Hall–Kier alpha value is -1.24. The van der Waals surface area contributed by atoms with Gasteiger partial charge in [0.15, 0.2) is 5.82 Å². The van der Waals surface area contributed by atoms with Gasteiger partial charge in [0.25, 0.3) is 0 Å². The molecule has 0 aromatic carbocycles. The fraction of sp³-hybridized carbons (Fsp3) is 0.625. The van der Waals surface area contributed by atoms with Crippen LogP contribution in [0.2, 0.25) is 0 Å². The van der Waals surface area contributed by atoms with Crippen molar-refractivity contribution in [1.82, 2.24) is 14.9 Å². The van der Waals surface area contributed by atoms with E-state index in [1.807, 2.05) is 6.92 Å². The highest BCUT2D eigenvalue weighted by Crippen LogP contribution is 2.23. The fourth-order valence-corrected chi connectivity index (χ4v) is 2.39. The van der Waals surface area contributed by atoms with Crippen molar-refractivity contribution in [1.29, 1.82) is 0 Å². The lowest BCUT2D eigenvalue weighted by atomic mass is 10.2. The minimum atomic E-state index is -0.789. The maximum Gasteiger partial charge on any atom is 0.305 e. The van der Waals surface area contributed by atoms with Gasteiger partial charge in [-0.2, -0.15) is 0 Å². The smallest absolute Gasteiger partial charge is 0.305 e. The molecule has 15 heavy (non-hydrogen) atoms. The minimum absolute atomic E-state index is 0.0544. The number of carbonyl (C=O) groups is 1. The third kappa shape index (κ3) is 2.06. The molecule has 0 saturated heterocycles. The molecule has 1 unspecified atom stereocenters. The molecule has 6 nitrogen and oxygen atoms in total. The topological polar surface area (TPSA) is 80.0 Å². The Kier molecular flexibility index (Phi) is 2.81. The van der Waals surface area contributed by atoms with Crippen LogP contribution < -0.4 is 5.43 Å². The Morgan fingerprint density at radius 2 is 2.53 bits per heavy atom. The zero-order valence-corrected chi connectivity index (χ0v) is 9.12. The van der Waals surface area contributed by atoms with Crippen LogP contribution in [-0.2, 0) is 11.2 Å². The highest BCUT2D eigenvalue weighted by Gasteiger charge is 2.23. The number of fused-ring (bicyclic) bond motifs is 1. The van der Waals surface area contributed by atoms with E-state index in [0.717, 1.165) is 17.4 Å². The van der Waals surface area contributed by atoms with Crippen molar-refractivity contribution >= 4 is 17.7 Å². The van der Waals surface area contributed by atoms with Crippen molar-refractivity contribution in [2.75, 3.05) is 11.2 Å². The summed E-state index contributed by atoms with van der Waals surface area (Å²) in [5, 5.41) is 17.5. The number of thioether (sulfide) groups is 1. The molecule has 0 radical (unpaired) electrons.